The van der Waals surface area contributed by atoms with Gasteiger partial charge in [-0.2, -0.15) is 0 Å². The van der Waals surface area contributed by atoms with Crippen molar-refractivity contribution in [2.45, 2.75) is 25.7 Å². The van der Waals surface area contributed by atoms with Crippen LogP contribution < -0.4 is 10.2 Å². The summed E-state index contributed by atoms with van der Waals surface area (Å²) in [6.07, 6.45) is 6.13. The maximum Gasteiger partial charge on any atom is 0.234 e. The Labute approximate surface area is 163 Å². The van der Waals surface area contributed by atoms with Crippen LogP contribution in [0.1, 0.15) is 23.3 Å². The summed E-state index contributed by atoms with van der Waals surface area (Å²) >= 11 is 1.83. The van der Waals surface area contributed by atoms with E-state index in [1.54, 1.807) is 13.4 Å². The Morgan fingerprint density at radius 1 is 1.26 bits per heavy atom. The number of thiophene rings is 1. The van der Waals surface area contributed by atoms with E-state index in [1.165, 1.54) is 28.7 Å². The molecule has 0 radical (unpaired) electrons. The zero-order valence-electron chi connectivity index (χ0n) is 15.9. The Kier molecular flexibility index (Phi) is 5.85. The van der Waals surface area contributed by atoms with Gasteiger partial charge < -0.3 is 15.0 Å². The highest BCUT2D eigenvalue weighted by molar-refractivity contribution is 7.19. The van der Waals surface area contributed by atoms with Crippen molar-refractivity contribution in [3.63, 3.8) is 0 Å². The molecular formula is C19H27N5O2S. The van der Waals surface area contributed by atoms with Crippen LogP contribution in [0.5, 0.6) is 0 Å². The molecule has 0 atom stereocenters. The van der Waals surface area contributed by atoms with E-state index < -0.39 is 0 Å². The van der Waals surface area contributed by atoms with Crippen LogP contribution in [0.15, 0.2) is 6.33 Å². The van der Waals surface area contributed by atoms with Gasteiger partial charge in [0.1, 0.15) is 17.0 Å². The van der Waals surface area contributed by atoms with Crippen LogP contribution in [-0.2, 0) is 22.4 Å². The summed E-state index contributed by atoms with van der Waals surface area (Å²) in [5.74, 6) is 1.18. The molecule has 27 heavy (non-hydrogen) atoms. The van der Waals surface area contributed by atoms with Crippen LogP contribution in [0.25, 0.3) is 10.2 Å². The average molecular weight is 390 g/mol. The first-order valence-electron chi connectivity index (χ1n) is 9.74. The summed E-state index contributed by atoms with van der Waals surface area (Å²) in [5, 5.41) is 4.24. The van der Waals surface area contributed by atoms with Crippen molar-refractivity contribution >= 4 is 33.3 Å². The third-order valence-electron chi connectivity index (χ3n) is 5.37. The van der Waals surface area contributed by atoms with Crippen molar-refractivity contribution in [2.24, 2.45) is 0 Å². The quantitative estimate of drug-likeness (QED) is 0.723. The van der Waals surface area contributed by atoms with Gasteiger partial charge in [0.2, 0.25) is 5.91 Å². The molecular weight excluding hydrogens is 362 g/mol. The number of aromatic nitrogens is 2. The first-order chi connectivity index (χ1) is 13.3. The first-order valence-corrected chi connectivity index (χ1v) is 10.6. The Morgan fingerprint density at radius 3 is 2.93 bits per heavy atom. The van der Waals surface area contributed by atoms with Crippen LogP contribution in [0.4, 0.5) is 5.82 Å². The summed E-state index contributed by atoms with van der Waals surface area (Å²) in [6, 6.07) is 0. The summed E-state index contributed by atoms with van der Waals surface area (Å²) < 4.78 is 5.00. The lowest BCUT2D eigenvalue weighted by Crippen LogP contribution is -2.49. The van der Waals surface area contributed by atoms with Gasteiger partial charge in [0.05, 0.1) is 11.9 Å². The zero-order chi connectivity index (χ0) is 18.6. The topological polar surface area (TPSA) is 70.6 Å². The highest BCUT2D eigenvalue weighted by Crippen LogP contribution is 2.40. The van der Waals surface area contributed by atoms with Gasteiger partial charge in [-0.05, 0) is 31.2 Å². The van der Waals surface area contributed by atoms with Gasteiger partial charge in [-0.15, -0.1) is 11.3 Å². The SMILES string of the molecule is COCCCNC(=O)CN1CCN(c2ncnc3sc4c(c23)CCC4)CC1. The summed E-state index contributed by atoms with van der Waals surface area (Å²) in [6.45, 7) is 5.37. The fourth-order valence-electron chi connectivity index (χ4n) is 3.97. The zero-order valence-corrected chi connectivity index (χ0v) is 16.7. The maximum absolute atomic E-state index is 12.1. The van der Waals surface area contributed by atoms with Crippen LogP contribution >= 0.6 is 11.3 Å². The maximum atomic E-state index is 12.1. The molecule has 1 amide bonds. The molecule has 0 spiro atoms. The molecule has 3 heterocycles. The predicted octanol–water partition coefficient (Wildman–Crippen LogP) is 1.45. The number of nitrogens with one attached hydrogen (secondary N) is 1. The number of nitrogens with zero attached hydrogens (tertiary/aromatic N) is 4. The fraction of sp³-hybridized carbons (Fsp3) is 0.632. The van der Waals surface area contributed by atoms with E-state index in [1.807, 2.05) is 11.3 Å². The number of amides is 1. The van der Waals surface area contributed by atoms with E-state index in [0.29, 0.717) is 19.7 Å². The van der Waals surface area contributed by atoms with Gasteiger partial charge in [0.15, 0.2) is 0 Å². The molecule has 1 aliphatic heterocycles. The monoisotopic (exact) mass is 389 g/mol. The van der Waals surface area contributed by atoms with Crippen LogP contribution in [0.2, 0.25) is 0 Å². The van der Waals surface area contributed by atoms with Crippen LogP contribution in [0.3, 0.4) is 0 Å². The van der Waals surface area contributed by atoms with E-state index >= 15 is 0 Å². The van der Waals surface area contributed by atoms with E-state index in [9.17, 15) is 4.79 Å². The van der Waals surface area contributed by atoms with E-state index in [2.05, 4.69) is 25.1 Å². The molecule has 146 valence electrons. The van der Waals surface area contributed by atoms with Gasteiger partial charge in [0, 0.05) is 51.3 Å². The Hall–Kier alpha value is -1.77. The minimum absolute atomic E-state index is 0.0969. The van der Waals surface area contributed by atoms with Gasteiger partial charge in [-0.25, -0.2) is 9.97 Å². The summed E-state index contributed by atoms with van der Waals surface area (Å²) in [7, 11) is 1.68. The van der Waals surface area contributed by atoms with E-state index in [-0.39, 0.29) is 5.91 Å². The van der Waals surface area contributed by atoms with Crippen molar-refractivity contribution in [1.82, 2.24) is 20.2 Å². The molecule has 8 heteroatoms. The summed E-state index contributed by atoms with van der Waals surface area (Å²) in [5.41, 5.74) is 1.48. The minimum Gasteiger partial charge on any atom is -0.385 e. The van der Waals surface area contributed by atoms with E-state index in [0.717, 1.165) is 49.7 Å². The number of aryl methyl sites for hydroxylation is 2. The van der Waals surface area contributed by atoms with Crippen molar-refractivity contribution in [2.75, 3.05) is 57.9 Å². The Morgan fingerprint density at radius 2 is 2.11 bits per heavy atom. The lowest BCUT2D eigenvalue weighted by atomic mass is 10.1. The third-order valence-corrected chi connectivity index (χ3v) is 6.57. The standard InChI is InChI=1S/C19H27N5O2S/c1-26-11-3-6-20-16(25)12-23-7-9-24(10-8-23)18-17-14-4-2-5-15(14)27-19(17)22-13-21-18/h13H,2-12H2,1H3,(H,20,25). The number of fused-ring (bicyclic) bond motifs is 3. The molecule has 2 aromatic rings. The normalized spacial score (nSPS) is 17.4. The second-order valence-electron chi connectivity index (χ2n) is 7.19. The minimum atomic E-state index is 0.0969. The van der Waals surface area contributed by atoms with Crippen molar-refractivity contribution < 1.29 is 9.53 Å². The molecule has 7 nitrogen and oxygen atoms in total. The smallest absolute Gasteiger partial charge is 0.234 e. The largest absolute Gasteiger partial charge is 0.385 e. The highest BCUT2D eigenvalue weighted by Gasteiger charge is 2.26. The Bertz CT molecular complexity index is 801. The molecule has 4 rings (SSSR count). The molecule has 1 N–H and O–H groups in total. The molecule has 1 fully saturated rings. The highest BCUT2D eigenvalue weighted by atomic mass is 32.1. The number of ether oxygens (including phenoxy) is 1. The van der Waals surface area contributed by atoms with Crippen molar-refractivity contribution in [1.29, 1.82) is 0 Å². The van der Waals surface area contributed by atoms with Gasteiger partial charge >= 0.3 is 0 Å². The number of hydrogen-bond acceptors (Lipinski definition) is 7. The molecule has 0 aromatic carbocycles. The first kappa shape index (κ1) is 18.6. The molecule has 1 saturated heterocycles. The van der Waals surface area contributed by atoms with Crippen LogP contribution in [0, 0.1) is 0 Å². The van der Waals surface area contributed by atoms with Crippen molar-refractivity contribution in [3.8, 4) is 0 Å². The van der Waals surface area contributed by atoms with Gasteiger partial charge in [-0.1, -0.05) is 0 Å². The predicted molar refractivity (Wildman–Crippen MR) is 108 cm³/mol. The number of hydrogen-bond donors (Lipinski definition) is 1. The second kappa shape index (κ2) is 8.50. The number of anilines is 1. The number of carbonyl (C=O) groups is 1. The molecule has 0 bridgehead atoms. The van der Waals surface area contributed by atoms with Crippen molar-refractivity contribution in [3.05, 3.63) is 16.8 Å². The molecule has 0 saturated carbocycles. The second-order valence-corrected chi connectivity index (χ2v) is 8.28. The number of carbonyl (C=O) groups excluding carboxylic acids is 1. The number of rotatable bonds is 7. The lowest BCUT2D eigenvalue weighted by molar-refractivity contribution is -0.122. The lowest BCUT2D eigenvalue weighted by Gasteiger charge is -2.35. The summed E-state index contributed by atoms with van der Waals surface area (Å²) in [4.78, 5) is 28.4. The molecule has 2 aromatic heterocycles. The molecule has 0 unspecified atom stereocenters. The van der Waals surface area contributed by atoms with Gasteiger partial charge in [-0.3, -0.25) is 9.69 Å². The molecule has 1 aliphatic carbocycles. The van der Waals surface area contributed by atoms with E-state index in [4.69, 9.17) is 4.74 Å². The third kappa shape index (κ3) is 4.07. The van der Waals surface area contributed by atoms with Gasteiger partial charge in [0.25, 0.3) is 0 Å². The molecule has 2 aliphatic rings. The average Bonchev–Trinajstić information content (AvgIpc) is 3.27. The Balaban J connectivity index is 1.35. The number of methoxy groups -OCH3 is 1. The fourth-order valence-corrected chi connectivity index (χ4v) is 5.20. The van der Waals surface area contributed by atoms with Crippen LogP contribution in [-0.4, -0.2) is 73.8 Å². The number of piperazine rings is 1.